The molecule has 0 amide bonds. The smallest absolute Gasteiger partial charge is 0.278 e. The van der Waals surface area contributed by atoms with E-state index in [0.717, 1.165) is 10.7 Å². The Bertz CT molecular complexity index is 1170. The number of nitro benzene ring substituents is 1. The van der Waals surface area contributed by atoms with Crippen LogP contribution in [0.1, 0.15) is 0 Å². The van der Waals surface area contributed by atoms with Crippen molar-refractivity contribution in [2.75, 3.05) is 6.54 Å². The largest absolute Gasteiger partial charge is 0.345 e. The summed E-state index contributed by atoms with van der Waals surface area (Å²) in [6.07, 6.45) is 3.17. The highest BCUT2D eigenvalue weighted by atomic mass is 32.2. The van der Waals surface area contributed by atoms with Gasteiger partial charge in [0, 0.05) is 43.7 Å². The van der Waals surface area contributed by atoms with Gasteiger partial charge in [0.15, 0.2) is 5.82 Å². The Balaban J connectivity index is 1.74. The van der Waals surface area contributed by atoms with E-state index in [-0.39, 0.29) is 23.7 Å². The number of sulfonamides is 1. The van der Waals surface area contributed by atoms with Crippen molar-refractivity contribution in [1.29, 1.82) is 0 Å². The Morgan fingerprint density at radius 2 is 2.04 bits per heavy atom. The molecule has 0 atom stereocenters. The number of benzene rings is 1. The van der Waals surface area contributed by atoms with E-state index in [0.29, 0.717) is 11.4 Å². The lowest BCUT2D eigenvalue weighted by atomic mass is 10.3. The monoisotopic (exact) mass is 404 g/mol. The SMILES string of the molecule is Cn1c(-c2cccnc2)nn(CCNS(=O)(=O)c2cccc([N+](=O)[O-])c2)c1=O. The molecule has 3 aromatic rings. The van der Waals surface area contributed by atoms with Crippen molar-refractivity contribution in [3.63, 3.8) is 0 Å². The van der Waals surface area contributed by atoms with Crippen LogP contribution in [0.25, 0.3) is 11.4 Å². The highest BCUT2D eigenvalue weighted by molar-refractivity contribution is 7.89. The average Bonchev–Trinajstić information content (AvgIpc) is 2.97. The van der Waals surface area contributed by atoms with Gasteiger partial charge in [-0.05, 0) is 18.2 Å². The van der Waals surface area contributed by atoms with Crippen LogP contribution in [0.15, 0.2) is 58.5 Å². The van der Waals surface area contributed by atoms with Gasteiger partial charge in [0.2, 0.25) is 10.0 Å². The van der Waals surface area contributed by atoms with Crippen LogP contribution in [0, 0.1) is 10.1 Å². The summed E-state index contributed by atoms with van der Waals surface area (Å²) in [6, 6.07) is 8.18. The van der Waals surface area contributed by atoms with Gasteiger partial charge in [0.1, 0.15) is 0 Å². The molecule has 0 fully saturated rings. The molecule has 1 N–H and O–H groups in total. The van der Waals surface area contributed by atoms with Gasteiger partial charge in [-0.3, -0.25) is 19.7 Å². The average molecular weight is 404 g/mol. The molecule has 0 aliphatic rings. The molecule has 0 unspecified atom stereocenters. The molecule has 0 radical (unpaired) electrons. The fraction of sp³-hybridized carbons (Fsp3) is 0.188. The van der Waals surface area contributed by atoms with Crippen LogP contribution in [0.4, 0.5) is 5.69 Å². The second-order valence-electron chi connectivity index (χ2n) is 5.78. The first-order valence-corrected chi connectivity index (χ1v) is 9.56. The predicted octanol–water partition coefficient (Wildman–Crippen LogP) is 0.530. The highest BCUT2D eigenvalue weighted by Gasteiger charge is 2.18. The van der Waals surface area contributed by atoms with Crippen LogP contribution in [0.2, 0.25) is 0 Å². The molecule has 0 aliphatic heterocycles. The summed E-state index contributed by atoms with van der Waals surface area (Å²) in [5.41, 5.74) is -0.0867. The van der Waals surface area contributed by atoms with Crippen molar-refractivity contribution in [2.45, 2.75) is 11.4 Å². The van der Waals surface area contributed by atoms with Gasteiger partial charge in [-0.25, -0.2) is 22.6 Å². The number of aromatic nitrogens is 4. The predicted molar refractivity (Wildman–Crippen MR) is 99.0 cm³/mol. The molecule has 0 bridgehead atoms. The van der Waals surface area contributed by atoms with Crippen molar-refractivity contribution in [3.8, 4) is 11.4 Å². The normalized spacial score (nSPS) is 11.5. The minimum atomic E-state index is -3.97. The van der Waals surface area contributed by atoms with Gasteiger partial charge in [-0.15, -0.1) is 5.10 Å². The molecule has 0 aliphatic carbocycles. The molecule has 11 nitrogen and oxygen atoms in total. The summed E-state index contributed by atoms with van der Waals surface area (Å²) >= 11 is 0. The molecule has 28 heavy (non-hydrogen) atoms. The first-order chi connectivity index (χ1) is 13.3. The third-order valence-electron chi connectivity index (χ3n) is 3.92. The molecule has 12 heteroatoms. The van der Waals surface area contributed by atoms with Crippen molar-refractivity contribution >= 4 is 15.7 Å². The second-order valence-corrected chi connectivity index (χ2v) is 7.55. The Morgan fingerprint density at radius 1 is 1.25 bits per heavy atom. The molecule has 1 aromatic carbocycles. The molecule has 146 valence electrons. The molecular formula is C16H16N6O5S. The second kappa shape index (κ2) is 7.70. The summed E-state index contributed by atoms with van der Waals surface area (Å²) in [4.78, 5) is 26.2. The lowest BCUT2D eigenvalue weighted by Gasteiger charge is -2.06. The first kappa shape index (κ1) is 19.4. The number of pyridine rings is 1. The van der Waals surface area contributed by atoms with Gasteiger partial charge in [-0.1, -0.05) is 6.07 Å². The van der Waals surface area contributed by atoms with Crippen LogP contribution >= 0.6 is 0 Å². The third kappa shape index (κ3) is 3.97. The maximum Gasteiger partial charge on any atom is 0.345 e. The number of nitrogens with one attached hydrogen (secondary N) is 1. The number of non-ortho nitro benzene ring substituents is 1. The van der Waals surface area contributed by atoms with E-state index in [9.17, 15) is 23.3 Å². The van der Waals surface area contributed by atoms with Crippen LogP contribution < -0.4 is 10.4 Å². The van der Waals surface area contributed by atoms with Gasteiger partial charge < -0.3 is 0 Å². The van der Waals surface area contributed by atoms with E-state index in [4.69, 9.17) is 0 Å². The van der Waals surface area contributed by atoms with Gasteiger partial charge >= 0.3 is 5.69 Å². The van der Waals surface area contributed by atoms with E-state index in [2.05, 4.69) is 14.8 Å². The lowest BCUT2D eigenvalue weighted by molar-refractivity contribution is -0.385. The number of rotatable bonds is 7. The molecular weight excluding hydrogens is 388 g/mol. The molecule has 0 saturated heterocycles. The summed E-state index contributed by atoms with van der Waals surface area (Å²) in [6.45, 7) is -0.129. The van der Waals surface area contributed by atoms with Crippen LogP contribution in [0.3, 0.4) is 0 Å². The van der Waals surface area contributed by atoms with Crippen LogP contribution in [-0.2, 0) is 23.6 Å². The molecule has 2 aromatic heterocycles. The number of hydrogen-bond acceptors (Lipinski definition) is 7. The molecule has 0 spiro atoms. The van der Waals surface area contributed by atoms with E-state index < -0.39 is 20.6 Å². The maximum absolute atomic E-state index is 12.3. The van der Waals surface area contributed by atoms with Crippen molar-refractivity contribution in [1.82, 2.24) is 24.1 Å². The summed E-state index contributed by atoms with van der Waals surface area (Å²) in [5, 5.41) is 15.0. The summed E-state index contributed by atoms with van der Waals surface area (Å²) in [5.74, 6) is 0.402. The van der Waals surface area contributed by atoms with E-state index in [1.165, 1.54) is 22.8 Å². The fourth-order valence-electron chi connectivity index (χ4n) is 2.51. The Kier molecular flexibility index (Phi) is 5.33. The van der Waals surface area contributed by atoms with Crippen LogP contribution in [0.5, 0.6) is 0 Å². The Morgan fingerprint density at radius 3 is 2.71 bits per heavy atom. The highest BCUT2D eigenvalue weighted by Crippen LogP contribution is 2.17. The standard InChI is InChI=1S/C16H16N6O5S/c1-20-15(12-4-3-7-17-11-12)19-21(16(20)23)9-8-18-28(26,27)14-6-2-5-13(10-14)22(24)25/h2-7,10-11,18H,8-9H2,1H3. The van der Waals surface area contributed by atoms with Gasteiger partial charge in [0.05, 0.1) is 16.4 Å². The topological polar surface area (TPSA) is 142 Å². The summed E-state index contributed by atoms with van der Waals surface area (Å²) < 4.78 is 29.4. The number of nitro groups is 1. The number of hydrogen-bond donors (Lipinski definition) is 1. The Labute approximate surface area is 159 Å². The summed E-state index contributed by atoms with van der Waals surface area (Å²) in [7, 11) is -2.41. The maximum atomic E-state index is 12.3. The lowest BCUT2D eigenvalue weighted by Crippen LogP contribution is -2.31. The van der Waals surface area contributed by atoms with Crippen molar-refractivity contribution < 1.29 is 13.3 Å². The zero-order valence-corrected chi connectivity index (χ0v) is 15.5. The van der Waals surface area contributed by atoms with Gasteiger partial charge in [-0.2, -0.15) is 0 Å². The molecule has 2 heterocycles. The van der Waals surface area contributed by atoms with Crippen molar-refractivity contribution in [2.24, 2.45) is 7.05 Å². The zero-order chi connectivity index (χ0) is 20.3. The van der Waals surface area contributed by atoms with E-state index in [1.807, 2.05) is 0 Å². The molecule has 0 saturated carbocycles. The minimum absolute atomic E-state index is 0.0128. The quantitative estimate of drug-likeness (QED) is 0.447. The zero-order valence-electron chi connectivity index (χ0n) is 14.7. The van der Waals surface area contributed by atoms with Crippen molar-refractivity contribution in [3.05, 3.63) is 69.4 Å². The number of nitrogens with zero attached hydrogens (tertiary/aromatic N) is 5. The molecule has 3 rings (SSSR count). The minimum Gasteiger partial charge on any atom is -0.278 e. The van der Waals surface area contributed by atoms with E-state index >= 15 is 0 Å². The van der Waals surface area contributed by atoms with Gasteiger partial charge in [0.25, 0.3) is 5.69 Å². The fourth-order valence-corrected chi connectivity index (χ4v) is 3.57. The van der Waals surface area contributed by atoms with E-state index in [1.54, 1.807) is 31.6 Å². The third-order valence-corrected chi connectivity index (χ3v) is 5.37. The van der Waals surface area contributed by atoms with Crippen LogP contribution in [-0.4, -0.2) is 39.2 Å². The first-order valence-electron chi connectivity index (χ1n) is 8.08. The Hall–Kier alpha value is -3.38.